The van der Waals surface area contributed by atoms with Crippen LogP contribution >= 0.6 is 31.9 Å². The van der Waals surface area contributed by atoms with E-state index in [9.17, 15) is 4.79 Å². The quantitative estimate of drug-likeness (QED) is 0.691. The monoisotopic (exact) mass is 280 g/mol. The Morgan fingerprint density at radius 3 is 2.82 bits per heavy atom. The second-order valence-electron chi connectivity index (χ2n) is 2.95. The molecule has 1 N–H and O–H groups in total. The van der Waals surface area contributed by atoms with Crippen LogP contribution in [0.15, 0.2) is 11.8 Å². The summed E-state index contributed by atoms with van der Waals surface area (Å²) in [5.74, 6) is 0.0421. The molecule has 0 radical (unpaired) electrons. The normalized spacial score (nSPS) is 39.5. The van der Waals surface area contributed by atoms with Crippen molar-refractivity contribution in [2.75, 3.05) is 0 Å². The second kappa shape index (κ2) is 2.10. The number of Topliss-reactive ketones (excluding diaryl/α,β-unsaturated/α-hetero) is 1. The summed E-state index contributed by atoms with van der Waals surface area (Å²) in [4.78, 5) is 11.2. The van der Waals surface area contributed by atoms with Crippen molar-refractivity contribution in [1.29, 1.82) is 0 Å². The lowest BCUT2D eigenvalue weighted by molar-refractivity contribution is -0.119. The second-order valence-corrected chi connectivity index (χ2v) is 6.64. The molecule has 2 aliphatic carbocycles. The zero-order valence-electron chi connectivity index (χ0n) is 5.55. The van der Waals surface area contributed by atoms with Crippen LogP contribution in [0.3, 0.4) is 0 Å². The number of ketones is 1. The number of hydrogen-bond donors (Lipinski definition) is 1. The molecule has 2 aliphatic rings. The largest absolute Gasteiger partial charge is 0.505 e. The molecule has 1 saturated carbocycles. The van der Waals surface area contributed by atoms with Gasteiger partial charge in [0.05, 0.1) is 9.15 Å². The van der Waals surface area contributed by atoms with Crippen molar-refractivity contribution in [3.8, 4) is 0 Å². The van der Waals surface area contributed by atoms with Gasteiger partial charge in [0.2, 0.25) is 5.78 Å². The van der Waals surface area contributed by atoms with E-state index >= 15 is 0 Å². The lowest BCUT2D eigenvalue weighted by Gasteiger charge is -2.01. The molecule has 0 saturated heterocycles. The Balaban J connectivity index is 2.29. The molecule has 1 fully saturated rings. The van der Waals surface area contributed by atoms with Crippen molar-refractivity contribution < 1.29 is 9.90 Å². The molecule has 2 rings (SSSR count). The summed E-state index contributed by atoms with van der Waals surface area (Å²) in [5, 5.41) is 9.08. The molecule has 2 unspecified atom stereocenters. The van der Waals surface area contributed by atoms with Crippen molar-refractivity contribution in [2.45, 2.75) is 9.65 Å². The van der Waals surface area contributed by atoms with E-state index in [2.05, 4.69) is 31.9 Å². The predicted molar refractivity (Wildman–Crippen MR) is 47.9 cm³/mol. The van der Waals surface area contributed by atoms with E-state index in [0.717, 1.165) is 6.42 Å². The summed E-state index contributed by atoms with van der Waals surface area (Å²) in [5.41, 5.74) is 0. The maximum absolute atomic E-state index is 11.2. The summed E-state index contributed by atoms with van der Waals surface area (Å²) in [7, 11) is 0. The van der Waals surface area contributed by atoms with E-state index < -0.39 is 0 Å². The molecule has 2 atom stereocenters. The number of carbonyl (C=O) groups excluding carboxylic acids is 1. The van der Waals surface area contributed by atoms with Gasteiger partial charge in [-0.05, 0) is 12.5 Å². The molecule has 60 valence electrons. The van der Waals surface area contributed by atoms with Crippen molar-refractivity contribution in [1.82, 2.24) is 0 Å². The van der Waals surface area contributed by atoms with E-state index in [4.69, 9.17) is 5.11 Å². The van der Waals surface area contributed by atoms with Crippen LogP contribution < -0.4 is 0 Å². The van der Waals surface area contributed by atoms with Gasteiger partial charge in [-0.1, -0.05) is 31.9 Å². The van der Waals surface area contributed by atoms with Crippen LogP contribution in [0.1, 0.15) is 6.42 Å². The first-order valence-electron chi connectivity index (χ1n) is 3.36. The Kier molecular flexibility index (Phi) is 1.49. The summed E-state index contributed by atoms with van der Waals surface area (Å²) in [6.07, 6.45) is 2.37. The number of aliphatic hydroxyl groups is 1. The molecular formula is C7H6Br2O2. The molecule has 0 aromatic rings. The Labute approximate surface area is 80.9 Å². The fourth-order valence-corrected chi connectivity index (χ4v) is 3.23. The van der Waals surface area contributed by atoms with Gasteiger partial charge in [-0.15, -0.1) is 0 Å². The molecule has 0 bridgehead atoms. The summed E-state index contributed by atoms with van der Waals surface area (Å²) in [6.45, 7) is 0. The summed E-state index contributed by atoms with van der Waals surface area (Å²) < 4.78 is -0.238. The van der Waals surface area contributed by atoms with Crippen LogP contribution in [0, 0.1) is 11.8 Å². The van der Waals surface area contributed by atoms with Crippen molar-refractivity contribution in [2.24, 2.45) is 11.8 Å². The van der Waals surface area contributed by atoms with Crippen LogP contribution in [-0.2, 0) is 4.79 Å². The number of hydrogen-bond acceptors (Lipinski definition) is 2. The van der Waals surface area contributed by atoms with Gasteiger partial charge in [-0.25, -0.2) is 0 Å². The minimum Gasteiger partial charge on any atom is -0.505 e. The fraction of sp³-hybridized carbons (Fsp3) is 0.571. The highest BCUT2D eigenvalue weighted by molar-refractivity contribution is 9.25. The standard InChI is InChI=1S/C7H6Br2O2/c8-7(9)3-1-2-4(10)6(11)5(3)7/h2-3,5,10H,1H2. The fourth-order valence-electron chi connectivity index (χ4n) is 1.54. The Bertz CT molecular complexity index is 257. The molecule has 0 aromatic heterocycles. The number of halogens is 2. The third-order valence-corrected chi connectivity index (χ3v) is 4.46. The molecular weight excluding hydrogens is 276 g/mol. The van der Waals surface area contributed by atoms with E-state index in [1.165, 1.54) is 0 Å². The first-order valence-corrected chi connectivity index (χ1v) is 4.95. The van der Waals surface area contributed by atoms with Crippen molar-refractivity contribution >= 4 is 37.6 Å². The molecule has 0 amide bonds. The number of carbonyl (C=O) groups is 1. The first kappa shape index (κ1) is 7.80. The highest BCUT2D eigenvalue weighted by Crippen LogP contribution is 2.65. The van der Waals surface area contributed by atoms with Crippen LogP contribution in [0.25, 0.3) is 0 Å². The van der Waals surface area contributed by atoms with Crippen LogP contribution in [0.2, 0.25) is 0 Å². The number of fused-ring (bicyclic) bond motifs is 1. The van der Waals surface area contributed by atoms with Crippen molar-refractivity contribution in [3.05, 3.63) is 11.8 Å². The zero-order chi connectivity index (χ0) is 8.22. The van der Waals surface area contributed by atoms with Crippen LogP contribution in [0.5, 0.6) is 0 Å². The minimum atomic E-state index is -0.238. The lowest BCUT2D eigenvalue weighted by atomic mass is 10.1. The van der Waals surface area contributed by atoms with Gasteiger partial charge in [0.15, 0.2) is 5.76 Å². The Morgan fingerprint density at radius 1 is 1.64 bits per heavy atom. The maximum Gasteiger partial charge on any atom is 0.202 e. The van der Waals surface area contributed by atoms with E-state index in [-0.39, 0.29) is 20.7 Å². The number of allylic oxidation sites excluding steroid dienone is 2. The molecule has 0 aliphatic heterocycles. The summed E-state index contributed by atoms with van der Waals surface area (Å²) >= 11 is 6.80. The SMILES string of the molecule is O=C1C(O)=CCC2C1C2(Br)Br. The van der Waals surface area contributed by atoms with Crippen molar-refractivity contribution in [3.63, 3.8) is 0 Å². The van der Waals surface area contributed by atoms with Crippen LogP contribution in [-0.4, -0.2) is 14.1 Å². The van der Waals surface area contributed by atoms with Gasteiger partial charge in [-0.2, -0.15) is 0 Å². The lowest BCUT2D eigenvalue weighted by Crippen LogP contribution is -2.11. The van der Waals surface area contributed by atoms with Gasteiger partial charge in [-0.3, -0.25) is 4.79 Å². The number of rotatable bonds is 0. The van der Waals surface area contributed by atoms with E-state index in [0.29, 0.717) is 5.92 Å². The molecule has 2 nitrogen and oxygen atoms in total. The van der Waals surface area contributed by atoms with Gasteiger partial charge in [0, 0.05) is 5.92 Å². The van der Waals surface area contributed by atoms with Gasteiger partial charge in [0.25, 0.3) is 0 Å². The molecule has 0 spiro atoms. The zero-order valence-corrected chi connectivity index (χ0v) is 8.72. The maximum atomic E-state index is 11.2. The van der Waals surface area contributed by atoms with E-state index in [1.54, 1.807) is 6.08 Å². The van der Waals surface area contributed by atoms with Crippen LogP contribution in [0.4, 0.5) is 0 Å². The highest BCUT2D eigenvalue weighted by atomic mass is 79.9. The summed E-state index contributed by atoms with van der Waals surface area (Å²) in [6, 6.07) is 0. The third-order valence-electron chi connectivity index (χ3n) is 2.30. The van der Waals surface area contributed by atoms with Gasteiger partial charge in [0.1, 0.15) is 0 Å². The average molecular weight is 282 g/mol. The number of aliphatic hydroxyl groups excluding tert-OH is 1. The molecule has 0 aromatic carbocycles. The Hall–Kier alpha value is 0.170. The smallest absolute Gasteiger partial charge is 0.202 e. The highest BCUT2D eigenvalue weighted by Gasteiger charge is 2.66. The van der Waals surface area contributed by atoms with Gasteiger partial charge >= 0.3 is 0 Å². The predicted octanol–water partition coefficient (Wildman–Crippen LogP) is 2.13. The topological polar surface area (TPSA) is 37.3 Å². The average Bonchev–Trinajstić information content (AvgIpc) is 2.46. The number of alkyl halides is 2. The van der Waals surface area contributed by atoms with Gasteiger partial charge < -0.3 is 5.11 Å². The minimum absolute atomic E-state index is 0.0625. The van der Waals surface area contributed by atoms with E-state index in [1.807, 2.05) is 0 Å². The first-order chi connectivity index (χ1) is 5.05. The third kappa shape index (κ3) is 0.920. The molecule has 0 heterocycles. The molecule has 4 heteroatoms. The Morgan fingerprint density at radius 2 is 2.27 bits per heavy atom. The molecule has 11 heavy (non-hydrogen) atoms.